The smallest absolute Gasteiger partial charge is 0.305 e. The number of ether oxygens (including phenoxy) is 1. The van der Waals surface area contributed by atoms with Crippen molar-refractivity contribution in [2.24, 2.45) is 0 Å². The molecule has 0 saturated carbocycles. The minimum absolute atomic E-state index is 0.199. The van der Waals surface area contributed by atoms with Crippen molar-refractivity contribution in [1.29, 1.82) is 0 Å². The van der Waals surface area contributed by atoms with Gasteiger partial charge >= 0.3 is 5.97 Å². The molecule has 0 aliphatic rings. The summed E-state index contributed by atoms with van der Waals surface area (Å²) >= 11 is 5.39. The van der Waals surface area contributed by atoms with Crippen molar-refractivity contribution >= 4 is 23.5 Å². The van der Waals surface area contributed by atoms with E-state index in [0.717, 1.165) is 0 Å². The number of nitrogens with one attached hydrogen (secondary N) is 1. The van der Waals surface area contributed by atoms with E-state index in [1.807, 2.05) is 0 Å². The molecule has 0 aromatic heterocycles. The van der Waals surface area contributed by atoms with E-state index < -0.39 is 17.9 Å². The number of amides is 1. The molecule has 0 heterocycles. The van der Waals surface area contributed by atoms with Crippen LogP contribution in [0.15, 0.2) is 24.3 Å². The topological polar surface area (TPSA) is 75.6 Å². The van der Waals surface area contributed by atoms with Crippen LogP contribution < -0.4 is 10.1 Å². The van der Waals surface area contributed by atoms with Gasteiger partial charge in [-0.25, -0.2) is 0 Å². The molecule has 0 aliphatic carbocycles. The Morgan fingerprint density at radius 1 is 1.39 bits per heavy atom. The van der Waals surface area contributed by atoms with E-state index in [2.05, 4.69) is 5.32 Å². The molecule has 6 heteroatoms. The molecule has 0 spiro atoms. The second-order valence-corrected chi connectivity index (χ2v) is 3.89. The van der Waals surface area contributed by atoms with Crippen LogP contribution in [0.5, 0.6) is 5.75 Å². The van der Waals surface area contributed by atoms with Crippen LogP contribution in [0.3, 0.4) is 0 Å². The highest BCUT2D eigenvalue weighted by molar-refractivity contribution is 6.27. The lowest BCUT2D eigenvalue weighted by Gasteiger charge is -2.17. The first-order chi connectivity index (χ1) is 8.56. The monoisotopic (exact) mass is 271 g/mol. The standard InChI is InChI=1S/C12H14ClNO4/c1-18-9-4-2-8(3-5-9)10(6-12(16)17)14-11(15)7-13/h2-5,10H,6-7H2,1H3,(H,14,15)(H,16,17). The molecule has 5 nitrogen and oxygen atoms in total. The van der Waals surface area contributed by atoms with Crippen molar-refractivity contribution < 1.29 is 19.4 Å². The molecule has 1 atom stereocenters. The summed E-state index contributed by atoms with van der Waals surface area (Å²) in [7, 11) is 1.54. The summed E-state index contributed by atoms with van der Waals surface area (Å²) < 4.78 is 5.01. The van der Waals surface area contributed by atoms with Gasteiger partial charge in [-0.3, -0.25) is 9.59 Å². The molecule has 18 heavy (non-hydrogen) atoms. The Morgan fingerprint density at radius 2 is 2.00 bits per heavy atom. The third kappa shape index (κ3) is 4.25. The molecule has 1 rings (SSSR count). The third-order valence-corrected chi connectivity index (χ3v) is 2.60. The van der Waals surface area contributed by atoms with E-state index in [-0.39, 0.29) is 12.3 Å². The predicted octanol–water partition coefficient (Wildman–Crippen LogP) is 1.57. The number of rotatable bonds is 6. The Kier molecular flexibility index (Phi) is 5.45. The van der Waals surface area contributed by atoms with Gasteiger partial charge < -0.3 is 15.2 Å². The number of carbonyl (C=O) groups is 2. The number of aliphatic carboxylic acids is 1. The van der Waals surface area contributed by atoms with E-state index in [0.29, 0.717) is 11.3 Å². The fourth-order valence-electron chi connectivity index (χ4n) is 1.50. The van der Waals surface area contributed by atoms with Gasteiger partial charge in [-0.05, 0) is 17.7 Å². The average Bonchev–Trinajstić information content (AvgIpc) is 2.37. The Labute approximate surface area is 110 Å². The van der Waals surface area contributed by atoms with Crippen LogP contribution in [0.1, 0.15) is 18.0 Å². The Morgan fingerprint density at radius 3 is 2.44 bits per heavy atom. The number of carboxylic acids is 1. The van der Waals surface area contributed by atoms with Crippen LogP contribution in [-0.4, -0.2) is 30.0 Å². The van der Waals surface area contributed by atoms with Crippen LogP contribution in [0.2, 0.25) is 0 Å². The van der Waals surface area contributed by atoms with Crippen LogP contribution in [0, 0.1) is 0 Å². The fourth-order valence-corrected chi connectivity index (χ4v) is 1.57. The number of methoxy groups -OCH3 is 1. The molecule has 0 bridgehead atoms. The van der Waals surface area contributed by atoms with E-state index >= 15 is 0 Å². The highest BCUT2D eigenvalue weighted by Gasteiger charge is 2.17. The average molecular weight is 272 g/mol. The van der Waals surface area contributed by atoms with Gasteiger partial charge in [0, 0.05) is 0 Å². The Bertz CT molecular complexity index is 419. The summed E-state index contributed by atoms with van der Waals surface area (Å²) in [4.78, 5) is 22.0. The van der Waals surface area contributed by atoms with Crippen molar-refractivity contribution in [2.75, 3.05) is 13.0 Å². The highest BCUT2D eigenvalue weighted by Crippen LogP contribution is 2.20. The molecule has 0 aliphatic heterocycles. The molecule has 1 unspecified atom stereocenters. The van der Waals surface area contributed by atoms with Gasteiger partial charge in [0.15, 0.2) is 0 Å². The summed E-state index contributed by atoms with van der Waals surface area (Å²) in [5.74, 6) is -0.937. The van der Waals surface area contributed by atoms with Crippen molar-refractivity contribution in [3.8, 4) is 5.75 Å². The van der Waals surface area contributed by atoms with Crippen molar-refractivity contribution in [1.82, 2.24) is 5.32 Å². The lowest BCUT2D eigenvalue weighted by atomic mass is 10.0. The summed E-state index contributed by atoms with van der Waals surface area (Å²) in [5, 5.41) is 11.4. The van der Waals surface area contributed by atoms with Gasteiger partial charge in [0.25, 0.3) is 0 Å². The molecular weight excluding hydrogens is 258 g/mol. The maximum atomic E-state index is 11.2. The SMILES string of the molecule is COc1ccc(C(CC(=O)O)NC(=O)CCl)cc1. The lowest BCUT2D eigenvalue weighted by Crippen LogP contribution is -2.30. The number of carbonyl (C=O) groups excluding carboxylic acids is 1. The molecule has 1 amide bonds. The van der Waals surface area contributed by atoms with Crippen LogP contribution in [-0.2, 0) is 9.59 Å². The Balaban J connectivity index is 2.86. The van der Waals surface area contributed by atoms with Gasteiger partial charge in [-0.2, -0.15) is 0 Å². The molecule has 0 radical (unpaired) electrons. The van der Waals surface area contributed by atoms with E-state index in [4.69, 9.17) is 21.4 Å². The molecule has 98 valence electrons. The second kappa shape index (κ2) is 6.86. The Hall–Kier alpha value is -1.75. The van der Waals surface area contributed by atoms with Crippen molar-refractivity contribution in [3.63, 3.8) is 0 Å². The first kappa shape index (κ1) is 14.3. The largest absolute Gasteiger partial charge is 0.497 e. The van der Waals surface area contributed by atoms with Crippen LogP contribution in [0.4, 0.5) is 0 Å². The minimum Gasteiger partial charge on any atom is -0.497 e. The quantitative estimate of drug-likeness (QED) is 0.770. The number of benzene rings is 1. The predicted molar refractivity (Wildman–Crippen MR) is 66.9 cm³/mol. The second-order valence-electron chi connectivity index (χ2n) is 3.62. The normalized spacial score (nSPS) is 11.7. The number of hydrogen-bond donors (Lipinski definition) is 2. The lowest BCUT2D eigenvalue weighted by molar-refractivity contribution is -0.137. The molecule has 0 fully saturated rings. The first-order valence-corrected chi connectivity index (χ1v) is 5.81. The van der Waals surface area contributed by atoms with E-state index in [9.17, 15) is 9.59 Å². The van der Waals surface area contributed by atoms with E-state index in [1.165, 1.54) is 0 Å². The molecule has 2 N–H and O–H groups in total. The third-order valence-electron chi connectivity index (χ3n) is 2.35. The molecule has 0 saturated heterocycles. The zero-order chi connectivity index (χ0) is 13.5. The summed E-state index contributed by atoms with van der Waals surface area (Å²) in [6.07, 6.45) is -0.199. The zero-order valence-corrected chi connectivity index (χ0v) is 10.6. The number of hydrogen-bond acceptors (Lipinski definition) is 3. The van der Waals surface area contributed by atoms with Crippen LogP contribution >= 0.6 is 11.6 Å². The van der Waals surface area contributed by atoms with Gasteiger partial charge in [-0.1, -0.05) is 12.1 Å². The van der Waals surface area contributed by atoms with Crippen molar-refractivity contribution in [3.05, 3.63) is 29.8 Å². The van der Waals surface area contributed by atoms with E-state index in [1.54, 1.807) is 31.4 Å². The fraction of sp³-hybridized carbons (Fsp3) is 0.333. The number of alkyl halides is 1. The first-order valence-electron chi connectivity index (χ1n) is 5.28. The molecular formula is C12H14ClNO4. The van der Waals surface area contributed by atoms with Gasteiger partial charge in [0.05, 0.1) is 19.6 Å². The molecule has 1 aromatic rings. The highest BCUT2D eigenvalue weighted by atomic mass is 35.5. The zero-order valence-electron chi connectivity index (χ0n) is 9.85. The van der Waals surface area contributed by atoms with Gasteiger partial charge in [0.2, 0.25) is 5.91 Å². The maximum Gasteiger partial charge on any atom is 0.305 e. The minimum atomic E-state index is -0.995. The summed E-state index contributed by atoms with van der Waals surface area (Å²) in [6.45, 7) is 0. The molecule has 1 aromatic carbocycles. The van der Waals surface area contributed by atoms with Crippen molar-refractivity contribution in [2.45, 2.75) is 12.5 Å². The maximum absolute atomic E-state index is 11.2. The van der Waals surface area contributed by atoms with Gasteiger partial charge in [-0.15, -0.1) is 11.6 Å². The van der Waals surface area contributed by atoms with Crippen LogP contribution in [0.25, 0.3) is 0 Å². The van der Waals surface area contributed by atoms with Gasteiger partial charge in [0.1, 0.15) is 11.6 Å². The number of halogens is 1. The summed E-state index contributed by atoms with van der Waals surface area (Å²) in [6, 6.07) is 6.23. The number of carboxylic acid groups (broad SMARTS) is 1. The summed E-state index contributed by atoms with van der Waals surface area (Å²) in [5.41, 5.74) is 0.691.